The number of hydrogen-bond acceptors (Lipinski definition) is 5. The van der Waals surface area contributed by atoms with E-state index in [-0.39, 0.29) is 0 Å². The molecule has 5 nitrogen and oxygen atoms in total. The molecule has 0 amide bonds. The number of hydrogen-bond donors (Lipinski definition) is 1. The Morgan fingerprint density at radius 3 is 2.90 bits per heavy atom. The minimum absolute atomic E-state index is 0.775. The Balaban J connectivity index is 1.66. The maximum Gasteiger partial charge on any atom is 0.151 e. The van der Waals surface area contributed by atoms with E-state index >= 15 is 0 Å². The third-order valence-corrected chi connectivity index (χ3v) is 4.73. The highest BCUT2D eigenvalue weighted by Crippen LogP contribution is 2.31. The van der Waals surface area contributed by atoms with Gasteiger partial charge in [0.2, 0.25) is 0 Å². The molecule has 1 aromatic heterocycles. The molecule has 0 aromatic carbocycles. The zero-order valence-corrected chi connectivity index (χ0v) is 12.5. The first kappa shape index (κ1) is 13.8. The van der Waals surface area contributed by atoms with Gasteiger partial charge >= 0.3 is 0 Å². The van der Waals surface area contributed by atoms with E-state index in [0.717, 1.165) is 43.1 Å². The molecule has 2 fully saturated rings. The number of piperidine rings is 2. The van der Waals surface area contributed by atoms with Gasteiger partial charge in [0.05, 0.1) is 5.69 Å². The molecule has 3 heterocycles. The normalized spacial score (nSPS) is 27.4. The van der Waals surface area contributed by atoms with Crippen LogP contribution in [0.3, 0.4) is 0 Å². The smallest absolute Gasteiger partial charge is 0.151 e. The molecule has 0 bridgehead atoms. The van der Waals surface area contributed by atoms with Crippen LogP contribution in [-0.2, 0) is 6.54 Å². The zero-order chi connectivity index (χ0) is 13.9. The number of rotatable bonds is 3. The van der Waals surface area contributed by atoms with Crippen LogP contribution >= 0.6 is 0 Å². The minimum atomic E-state index is 0.775. The van der Waals surface area contributed by atoms with E-state index in [1.54, 1.807) is 0 Å². The fourth-order valence-corrected chi connectivity index (χ4v) is 3.66. The van der Waals surface area contributed by atoms with Gasteiger partial charge < -0.3 is 15.1 Å². The van der Waals surface area contributed by atoms with Crippen molar-refractivity contribution in [2.24, 2.45) is 5.92 Å². The number of fused-ring (bicyclic) bond motifs is 1. The number of nitrogens with one attached hydrogen (secondary N) is 1. The van der Waals surface area contributed by atoms with Crippen molar-refractivity contribution < 1.29 is 0 Å². The van der Waals surface area contributed by atoms with Crippen LogP contribution in [0.1, 0.15) is 25.0 Å². The van der Waals surface area contributed by atoms with Gasteiger partial charge in [-0.15, -0.1) is 5.10 Å². The summed E-state index contributed by atoms with van der Waals surface area (Å²) in [5.74, 6) is 1.83. The van der Waals surface area contributed by atoms with Gasteiger partial charge in [0.1, 0.15) is 0 Å². The Bertz CT molecular complexity index is 432. The second-order valence-corrected chi connectivity index (χ2v) is 6.10. The minimum Gasteiger partial charge on any atom is -0.355 e. The monoisotopic (exact) mass is 275 g/mol. The average Bonchev–Trinajstić information content (AvgIpc) is 2.48. The lowest BCUT2D eigenvalue weighted by molar-refractivity contribution is 0.102. The van der Waals surface area contributed by atoms with Gasteiger partial charge in [-0.2, -0.15) is 5.10 Å². The zero-order valence-electron chi connectivity index (χ0n) is 12.5. The quantitative estimate of drug-likeness (QED) is 0.895. The third kappa shape index (κ3) is 2.79. The Kier molecular flexibility index (Phi) is 4.17. The maximum absolute atomic E-state index is 4.40. The van der Waals surface area contributed by atoms with Crippen LogP contribution in [0, 0.1) is 5.92 Å². The highest BCUT2D eigenvalue weighted by Gasteiger charge is 2.34. The van der Waals surface area contributed by atoms with Crippen molar-refractivity contribution >= 4 is 5.82 Å². The molecule has 2 saturated heterocycles. The second kappa shape index (κ2) is 6.06. The summed E-state index contributed by atoms with van der Waals surface area (Å²) in [4.78, 5) is 4.96. The lowest BCUT2D eigenvalue weighted by Gasteiger charge is -2.46. The number of anilines is 1. The van der Waals surface area contributed by atoms with Crippen molar-refractivity contribution in [3.8, 4) is 0 Å². The van der Waals surface area contributed by atoms with Gasteiger partial charge in [0, 0.05) is 25.7 Å². The number of likely N-dealkylation sites (tertiary alicyclic amines) is 1. The van der Waals surface area contributed by atoms with E-state index in [1.165, 1.54) is 25.8 Å². The van der Waals surface area contributed by atoms with Crippen LogP contribution in [0.4, 0.5) is 5.82 Å². The van der Waals surface area contributed by atoms with E-state index < -0.39 is 0 Å². The fourth-order valence-electron chi connectivity index (χ4n) is 3.66. The van der Waals surface area contributed by atoms with Gasteiger partial charge in [0.25, 0.3) is 0 Å². The highest BCUT2D eigenvalue weighted by molar-refractivity contribution is 5.38. The standard InChI is InChI=1S/C15H25N5/c1-16-10-13-5-6-15(18-17-13)20-9-7-14-12(11-20)4-3-8-19(14)2/h5-6,12,14,16H,3-4,7-11H2,1-2H3. The van der Waals surface area contributed by atoms with Crippen LogP contribution in [0.2, 0.25) is 0 Å². The lowest BCUT2D eigenvalue weighted by atomic mass is 9.84. The fraction of sp³-hybridized carbons (Fsp3) is 0.733. The SMILES string of the molecule is CNCc1ccc(N2CCC3C(CCCN3C)C2)nn1. The van der Waals surface area contributed by atoms with Crippen molar-refractivity contribution in [1.29, 1.82) is 0 Å². The van der Waals surface area contributed by atoms with E-state index in [2.05, 4.69) is 44.5 Å². The molecule has 5 heteroatoms. The molecule has 0 radical (unpaired) electrons. The van der Waals surface area contributed by atoms with Crippen molar-refractivity contribution in [3.63, 3.8) is 0 Å². The topological polar surface area (TPSA) is 44.3 Å². The van der Waals surface area contributed by atoms with E-state index in [0.29, 0.717) is 0 Å². The summed E-state index contributed by atoms with van der Waals surface area (Å²) in [6, 6.07) is 4.97. The Hall–Kier alpha value is -1.20. The summed E-state index contributed by atoms with van der Waals surface area (Å²) < 4.78 is 0. The first-order valence-corrected chi connectivity index (χ1v) is 7.70. The first-order chi connectivity index (χ1) is 9.78. The molecule has 2 aliphatic heterocycles. The van der Waals surface area contributed by atoms with Crippen molar-refractivity contribution in [2.75, 3.05) is 38.6 Å². The summed E-state index contributed by atoms with van der Waals surface area (Å²) in [7, 11) is 4.21. The van der Waals surface area contributed by atoms with Gasteiger partial charge in [-0.3, -0.25) is 0 Å². The van der Waals surface area contributed by atoms with E-state index in [1.807, 2.05) is 7.05 Å². The van der Waals surface area contributed by atoms with Gasteiger partial charge in [-0.25, -0.2) is 0 Å². The van der Waals surface area contributed by atoms with Gasteiger partial charge in [0.15, 0.2) is 5.82 Å². The molecule has 3 rings (SSSR count). The Labute approximate surface area is 121 Å². The molecule has 2 unspecified atom stereocenters. The largest absolute Gasteiger partial charge is 0.355 e. The predicted molar refractivity (Wildman–Crippen MR) is 80.8 cm³/mol. The highest BCUT2D eigenvalue weighted by atomic mass is 15.3. The maximum atomic E-state index is 4.40. The molecule has 0 spiro atoms. The molecule has 20 heavy (non-hydrogen) atoms. The average molecular weight is 275 g/mol. The Morgan fingerprint density at radius 2 is 2.15 bits per heavy atom. The predicted octanol–water partition coefficient (Wildman–Crippen LogP) is 1.12. The first-order valence-electron chi connectivity index (χ1n) is 7.70. The number of nitrogens with zero attached hydrogens (tertiary/aromatic N) is 4. The Morgan fingerprint density at radius 1 is 1.25 bits per heavy atom. The van der Waals surface area contributed by atoms with Crippen LogP contribution in [0.5, 0.6) is 0 Å². The summed E-state index contributed by atoms with van der Waals surface area (Å²) in [5.41, 5.74) is 1.00. The van der Waals surface area contributed by atoms with E-state index in [4.69, 9.17) is 0 Å². The van der Waals surface area contributed by atoms with Gasteiger partial charge in [-0.1, -0.05) is 0 Å². The van der Waals surface area contributed by atoms with Crippen molar-refractivity contribution in [2.45, 2.75) is 31.8 Å². The second-order valence-electron chi connectivity index (χ2n) is 6.10. The van der Waals surface area contributed by atoms with Crippen molar-refractivity contribution in [1.82, 2.24) is 20.4 Å². The molecular formula is C15H25N5. The molecule has 110 valence electrons. The third-order valence-electron chi connectivity index (χ3n) is 4.73. The molecule has 2 aliphatic rings. The molecule has 2 atom stereocenters. The van der Waals surface area contributed by atoms with Crippen LogP contribution in [-0.4, -0.2) is 54.9 Å². The summed E-state index contributed by atoms with van der Waals surface area (Å²) in [5, 5.41) is 11.8. The molecule has 0 aliphatic carbocycles. The summed E-state index contributed by atoms with van der Waals surface area (Å²) >= 11 is 0. The molecule has 1 aromatic rings. The molecular weight excluding hydrogens is 250 g/mol. The van der Waals surface area contributed by atoms with Crippen molar-refractivity contribution in [3.05, 3.63) is 17.8 Å². The molecule has 1 N–H and O–H groups in total. The van der Waals surface area contributed by atoms with E-state index in [9.17, 15) is 0 Å². The number of aromatic nitrogens is 2. The van der Waals surface area contributed by atoms with Crippen LogP contribution < -0.4 is 10.2 Å². The summed E-state index contributed by atoms with van der Waals surface area (Å²) in [6.07, 6.45) is 3.94. The van der Waals surface area contributed by atoms with Gasteiger partial charge in [-0.05, 0) is 58.0 Å². The lowest BCUT2D eigenvalue weighted by Crippen LogP contribution is -2.52. The summed E-state index contributed by atoms with van der Waals surface area (Å²) in [6.45, 7) is 4.28. The van der Waals surface area contributed by atoms with Crippen LogP contribution in [0.25, 0.3) is 0 Å². The molecule has 0 saturated carbocycles. The van der Waals surface area contributed by atoms with Crippen LogP contribution in [0.15, 0.2) is 12.1 Å².